The van der Waals surface area contributed by atoms with E-state index in [9.17, 15) is 0 Å². The molecule has 0 spiro atoms. The highest BCUT2D eigenvalue weighted by Crippen LogP contribution is 2.23. The highest BCUT2D eigenvalue weighted by molar-refractivity contribution is 14.0. The largest absolute Gasteiger partial charge is 0.496 e. The van der Waals surface area contributed by atoms with Crippen LogP contribution in [0.25, 0.3) is 0 Å². The number of nitrogens with zero attached hydrogens (tertiary/aromatic N) is 2. The molecule has 0 aliphatic heterocycles. The van der Waals surface area contributed by atoms with Gasteiger partial charge in [0.05, 0.1) is 13.7 Å². The third-order valence-corrected chi connectivity index (χ3v) is 4.16. The number of nitrogens with one attached hydrogen (secondary N) is 2. The van der Waals surface area contributed by atoms with Gasteiger partial charge in [0.2, 0.25) is 0 Å². The highest BCUT2D eigenvalue weighted by atomic mass is 127. The van der Waals surface area contributed by atoms with E-state index < -0.39 is 0 Å². The number of aliphatic imine (C=N–C) groups is 1. The maximum absolute atomic E-state index is 5.40. The van der Waals surface area contributed by atoms with E-state index in [4.69, 9.17) is 9.47 Å². The van der Waals surface area contributed by atoms with Crippen molar-refractivity contribution in [1.29, 1.82) is 0 Å². The molecular formula is C18H32BrIN4O2. The first-order valence-corrected chi connectivity index (χ1v) is 9.42. The first kappa shape index (κ1) is 25.4. The predicted octanol–water partition coefficient (Wildman–Crippen LogP) is 3.10. The second-order valence-corrected chi connectivity index (χ2v) is 6.64. The lowest BCUT2D eigenvalue weighted by Crippen LogP contribution is -2.41. The number of hydrogen-bond donors (Lipinski definition) is 2. The normalized spacial score (nSPS) is 11.2. The zero-order valence-electron chi connectivity index (χ0n) is 16.2. The van der Waals surface area contributed by atoms with Gasteiger partial charge in [0.1, 0.15) is 5.75 Å². The minimum absolute atomic E-state index is 0. The van der Waals surface area contributed by atoms with Gasteiger partial charge in [0, 0.05) is 49.9 Å². The molecule has 0 aromatic heterocycles. The van der Waals surface area contributed by atoms with Gasteiger partial charge in [-0.1, -0.05) is 15.9 Å². The summed E-state index contributed by atoms with van der Waals surface area (Å²) in [6.07, 6.45) is 1.05. The molecule has 0 heterocycles. The van der Waals surface area contributed by atoms with Crippen molar-refractivity contribution in [3.63, 3.8) is 0 Å². The summed E-state index contributed by atoms with van der Waals surface area (Å²) in [6, 6.07) is 5.95. The average molecular weight is 543 g/mol. The number of benzene rings is 1. The molecule has 1 aromatic carbocycles. The Morgan fingerprint density at radius 2 is 2.00 bits per heavy atom. The number of hydrogen-bond acceptors (Lipinski definition) is 4. The molecular weight excluding hydrogens is 511 g/mol. The van der Waals surface area contributed by atoms with E-state index in [1.807, 2.05) is 18.2 Å². The van der Waals surface area contributed by atoms with Gasteiger partial charge < -0.3 is 25.0 Å². The van der Waals surface area contributed by atoms with Crippen molar-refractivity contribution in [3.8, 4) is 5.75 Å². The minimum Gasteiger partial charge on any atom is -0.496 e. The Balaban J connectivity index is 0.00000625. The first-order chi connectivity index (χ1) is 12.1. The second-order valence-electron chi connectivity index (χ2n) is 5.73. The number of ether oxygens (including phenoxy) is 2. The lowest BCUT2D eigenvalue weighted by molar-refractivity contribution is 0.180. The molecule has 0 amide bonds. The summed E-state index contributed by atoms with van der Waals surface area (Å²) in [5.41, 5.74) is 1.05. The Labute approximate surface area is 183 Å². The summed E-state index contributed by atoms with van der Waals surface area (Å²) in [5, 5.41) is 6.66. The number of halogens is 2. The van der Waals surface area contributed by atoms with Crippen LogP contribution < -0.4 is 15.4 Å². The Morgan fingerprint density at radius 3 is 2.65 bits per heavy atom. The zero-order valence-corrected chi connectivity index (χ0v) is 20.1. The van der Waals surface area contributed by atoms with Crippen LogP contribution in [0.5, 0.6) is 5.75 Å². The third-order valence-electron chi connectivity index (χ3n) is 3.67. The maximum atomic E-state index is 5.40. The van der Waals surface area contributed by atoms with Crippen LogP contribution in [-0.2, 0) is 11.3 Å². The topological polar surface area (TPSA) is 58.1 Å². The molecule has 0 atom stereocenters. The lowest BCUT2D eigenvalue weighted by Gasteiger charge is -2.18. The van der Waals surface area contributed by atoms with Crippen LogP contribution >= 0.6 is 39.9 Å². The number of rotatable bonds is 11. The predicted molar refractivity (Wildman–Crippen MR) is 123 cm³/mol. The fraction of sp³-hybridized carbons (Fsp3) is 0.611. The molecule has 0 radical (unpaired) electrons. The molecule has 0 saturated heterocycles. The fourth-order valence-electron chi connectivity index (χ4n) is 2.33. The first-order valence-electron chi connectivity index (χ1n) is 8.62. The molecule has 0 saturated carbocycles. The van der Waals surface area contributed by atoms with E-state index in [1.54, 1.807) is 14.2 Å². The highest BCUT2D eigenvalue weighted by Gasteiger charge is 2.05. The quantitative estimate of drug-likeness (QED) is 0.195. The van der Waals surface area contributed by atoms with Crippen molar-refractivity contribution in [2.24, 2.45) is 4.99 Å². The van der Waals surface area contributed by atoms with Gasteiger partial charge in [-0.15, -0.1) is 24.0 Å². The van der Waals surface area contributed by atoms with Gasteiger partial charge in [-0.2, -0.15) is 0 Å². The van der Waals surface area contributed by atoms with Gasteiger partial charge >= 0.3 is 0 Å². The summed E-state index contributed by atoms with van der Waals surface area (Å²) in [4.78, 5) is 6.95. The summed E-state index contributed by atoms with van der Waals surface area (Å²) in [7, 11) is 5.54. The van der Waals surface area contributed by atoms with E-state index in [0.29, 0.717) is 6.54 Å². The molecule has 6 nitrogen and oxygen atoms in total. The van der Waals surface area contributed by atoms with Gasteiger partial charge in [-0.3, -0.25) is 0 Å². The van der Waals surface area contributed by atoms with Crippen LogP contribution in [0, 0.1) is 0 Å². The number of methoxy groups -OCH3 is 2. The smallest absolute Gasteiger partial charge is 0.191 e. The van der Waals surface area contributed by atoms with E-state index in [1.165, 1.54) is 0 Å². The van der Waals surface area contributed by atoms with Crippen molar-refractivity contribution in [3.05, 3.63) is 28.2 Å². The van der Waals surface area contributed by atoms with E-state index in [2.05, 4.69) is 50.4 Å². The van der Waals surface area contributed by atoms with Gasteiger partial charge in [-0.05, 0) is 38.6 Å². The molecule has 0 aliphatic rings. The Kier molecular flexibility index (Phi) is 15.1. The van der Waals surface area contributed by atoms with Crippen LogP contribution in [0.2, 0.25) is 0 Å². The van der Waals surface area contributed by atoms with Crippen molar-refractivity contribution >= 4 is 45.9 Å². The van der Waals surface area contributed by atoms with Crippen molar-refractivity contribution in [2.45, 2.75) is 19.9 Å². The fourth-order valence-corrected chi connectivity index (χ4v) is 2.74. The van der Waals surface area contributed by atoms with E-state index >= 15 is 0 Å². The molecule has 0 unspecified atom stereocenters. The van der Waals surface area contributed by atoms with Crippen molar-refractivity contribution in [2.75, 3.05) is 54.1 Å². The van der Waals surface area contributed by atoms with Crippen molar-refractivity contribution in [1.82, 2.24) is 15.5 Å². The third kappa shape index (κ3) is 10.5. The van der Waals surface area contributed by atoms with Gasteiger partial charge in [0.15, 0.2) is 5.96 Å². The average Bonchev–Trinajstić information content (AvgIpc) is 2.60. The summed E-state index contributed by atoms with van der Waals surface area (Å²) in [6.45, 7) is 7.06. The van der Waals surface area contributed by atoms with Gasteiger partial charge in [-0.25, -0.2) is 4.99 Å². The van der Waals surface area contributed by atoms with Crippen LogP contribution in [0.1, 0.15) is 18.9 Å². The zero-order chi connectivity index (χ0) is 18.5. The van der Waals surface area contributed by atoms with Crippen LogP contribution in [0.4, 0.5) is 0 Å². The lowest BCUT2D eigenvalue weighted by atomic mass is 10.2. The van der Waals surface area contributed by atoms with E-state index in [0.717, 1.165) is 61.0 Å². The molecule has 26 heavy (non-hydrogen) atoms. The molecule has 1 aromatic rings. The molecule has 8 heteroatoms. The molecule has 150 valence electrons. The SMILES string of the molecule is CCNC(=NCc1cc(Br)ccc1OC)NCCN(C)CCCOC.I. The molecule has 2 N–H and O–H groups in total. The Hall–Kier alpha value is -0.580. The van der Waals surface area contributed by atoms with Crippen LogP contribution in [-0.4, -0.2) is 64.9 Å². The number of guanidine groups is 1. The summed E-state index contributed by atoms with van der Waals surface area (Å²) >= 11 is 3.50. The standard InChI is InChI=1S/C18H31BrN4O2.HI/c1-5-20-18(21-9-11-23(2)10-6-12-24-3)22-14-15-13-16(19)7-8-17(15)25-4;/h7-8,13H,5-6,9-12,14H2,1-4H3,(H2,20,21,22);1H. The Morgan fingerprint density at radius 1 is 1.23 bits per heavy atom. The second kappa shape index (κ2) is 15.5. The molecule has 0 bridgehead atoms. The minimum atomic E-state index is 0. The molecule has 0 aliphatic carbocycles. The summed E-state index contributed by atoms with van der Waals surface area (Å²) < 4.78 is 11.5. The van der Waals surface area contributed by atoms with Gasteiger partial charge in [0.25, 0.3) is 0 Å². The van der Waals surface area contributed by atoms with Crippen LogP contribution in [0.3, 0.4) is 0 Å². The molecule has 1 rings (SSSR count). The Bertz CT molecular complexity index is 532. The number of likely N-dealkylation sites (N-methyl/N-ethyl adjacent to an activating group) is 1. The maximum Gasteiger partial charge on any atom is 0.191 e. The summed E-state index contributed by atoms with van der Waals surface area (Å²) in [5.74, 6) is 1.66. The van der Waals surface area contributed by atoms with Crippen molar-refractivity contribution < 1.29 is 9.47 Å². The van der Waals surface area contributed by atoms with E-state index in [-0.39, 0.29) is 24.0 Å². The monoisotopic (exact) mass is 542 g/mol. The van der Waals surface area contributed by atoms with Crippen LogP contribution in [0.15, 0.2) is 27.7 Å². The molecule has 0 fully saturated rings.